The molecular formula is C20H22N2O4S. The number of nitrogens with zero attached hydrogens (tertiary/aromatic N) is 1. The van der Waals surface area contributed by atoms with Crippen molar-refractivity contribution in [3.05, 3.63) is 64.8 Å². The highest BCUT2D eigenvalue weighted by Crippen LogP contribution is 2.32. The number of rotatable bonds is 6. The molecule has 0 aliphatic heterocycles. The van der Waals surface area contributed by atoms with Crippen molar-refractivity contribution in [2.45, 2.75) is 32.2 Å². The van der Waals surface area contributed by atoms with Crippen LogP contribution in [0.2, 0.25) is 0 Å². The van der Waals surface area contributed by atoms with E-state index >= 15 is 0 Å². The van der Waals surface area contributed by atoms with Crippen LogP contribution in [0.5, 0.6) is 5.75 Å². The Hall–Kier alpha value is -2.64. The molecular weight excluding hydrogens is 364 g/mol. The number of benzene rings is 2. The van der Waals surface area contributed by atoms with Crippen LogP contribution in [0.25, 0.3) is 11.3 Å². The summed E-state index contributed by atoms with van der Waals surface area (Å²) in [4.78, 5) is 0.0584. The first kappa shape index (κ1) is 19.1. The third-order valence-electron chi connectivity index (χ3n) is 4.46. The molecule has 0 aliphatic carbocycles. The van der Waals surface area contributed by atoms with E-state index in [0.717, 1.165) is 22.4 Å². The number of sulfonamides is 1. The third-order valence-corrected chi connectivity index (χ3v) is 5.88. The van der Waals surface area contributed by atoms with Gasteiger partial charge in [-0.05, 0) is 44.5 Å². The van der Waals surface area contributed by atoms with Crippen LogP contribution >= 0.6 is 0 Å². The largest absolute Gasteiger partial charge is 0.495 e. The lowest BCUT2D eigenvalue weighted by Crippen LogP contribution is -2.23. The first-order chi connectivity index (χ1) is 12.8. The number of hydrogen-bond donors (Lipinski definition) is 1. The molecule has 0 atom stereocenters. The van der Waals surface area contributed by atoms with Gasteiger partial charge >= 0.3 is 0 Å². The Balaban J connectivity index is 1.94. The molecule has 0 saturated heterocycles. The van der Waals surface area contributed by atoms with Crippen molar-refractivity contribution in [2.75, 3.05) is 7.11 Å². The lowest BCUT2D eigenvalue weighted by Gasteiger charge is -2.12. The zero-order valence-electron chi connectivity index (χ0n) is 15.7. The van der Waals surface area contributed by atoms with E-state index in [4.69, 9.17) is 9.26 Å². The van der Waals surface area contributed by atoms with Gasteiger partial charge in [-0.2, -0.15) is 0 Å². The summed E-state index contributed by atoms with van der Waals surface area (Å²) in [5.74, 6) is 0.814. The van der Waals surface area contributed by atoms with Crippen LogP contribution in [-0.2, 0) is 16.6 Å². The van der Waals surface area contributed by atoms with Crippen LogP contribution in [0.4, 0.5) is 0 Å². The van der Waals surface area contributed by atoms with Gasteiger partial charge in [-0.15, -0.1) is 0 Å². The number of hydrogen-bond acceptors (Lipinski definition) is 5. The summed E-state index contributed by atoms with van der Waals surface area (Å²) in [6.45, 7) is 5.90. The van der Waals surface area contributed by atoms with Gasteiger partial charge in [0.2, 0.25) is 10.0 Å². The van der Waals surface area contributed by atoms with Crippen LogP contribution in [0.1, 0.15) is 22.4 Å². The van der Waals surface area contributed by atoms with E-state index in [2.05, 4.69) is 9.88 Å². The quantitative estimate of drug-likeness (QED) is 0.698. The molecule has 3 rings (SSSR count). The van der Waals surface area contributed by atoms with E-state index in [1.54, 1.807) is 18.2 Å². The topological polar surface area (TPSA) is 81.4 Å². The zero-order chi connectivity index (χ0) is 19.6. The van der Waals surface area contributed by atoms with Crippen molar-refractivity contribution in [2.24, 2.45) is 0 Å². The molecule has 0 radical (unpaired) electrons. The summed E-state index contributed by atoms with van der Waals surface area (Å²) < 4.78 is 39.0. The van der Waals surface area contributed by atoms with Gasteiger partial charge in [-0.1, -0.05) is 35.0 Å². The predicted molar refractivity (Wildman–Crippen MR) is 103 cm³/mol. The van der Waals surface area contributed by atoms with Gasteiger partial charge in [0.25, 0.3) is 0 Å². The highest BCUT2D eigenvalue weighted by atomic mass is 32.2. The first-order valence-electron chi connectivity index (χ1n) is 8.48. The second-order valence-electron chi connectivity index (χ2n) is 6.40. The number of aryl methyl sites for hydroxylation is 2. The Morgan fingerprint density at radius 3 is 2.37 bits per heavy atom. The Kier molecular flexibility index (Phi) is 5.34. The minimum absolute atomic E-state index is 0.0584. The van der Waals surface area contributed by atoms with Gasteiger partial charge in [0.05, 0.1) is 12.8 Å². The van der Waals surface area contributed by atoms with Gasteiger partial charge in [-0.25, -0.2) is 13.1 Å². The predicted octanol–water partition coefficient (Wildman–Crippen LogP) is 3.75. The summed E-state index contributed by atoms with van der Waals surface area (Å²) in [6.07, 6.45) is 0. The molecule has 3 aromatic rings. The van der Waals surface area contributed by atoms with E-state index in [1.807, 2.05) is 45.0 Å². The van der Waals surface area contributed by atoms with Crippen molar-refractivity contribution in [1.29, 1.82) is 0 Å². The fraction of sp³-hybridized carbons (Fsp3) is 0.250. The summed E-state index contributed by atoms with van der Waals surface area (Å²) in [7, 11) is -2.34. The lowest BCUT2D eigenvalue weighted by molar-refractivity contribution is 0.402. The Morgan fingerprint density at radius 1 is 1.07 bits per heavy atom. The molecule has 1 heterocycles. The second kappa shape index (κ2) is 7.54. The molecule has 7 heteroatoms. The summed E-state index contributed by atoms with van der Waals surface area (Å²) in [5, 5.41) is 3.94. The molecule has 0 unspecified atom stereocenters. The molecule has 1 N–H and O–H groups in total. The van der Waals surface area contributed by atoms with Gasteiger partial charge in [-0.3, -0.25) is 0 Å². The molecule has 142 valence electrons. The highest BCUT2D eigenvalue weighted by molar-refractivity contribution is 7.89. The molecule has 0 aliphatic rings. The Morgan fingerprint density at radius 2 is 1.78 bits per heavy atom. The van der Waals surface area contributed by atoms with Crippen LogP contribution in [0, 0.1) is 20.8 Å². The fourth-order valence-corrected chi connectivity index (χ4v) is 3.89. The molecule has 1 aromatic heterocycles. The van der Waals surface area contributed by atoms with Crippen molar-refractivity contribution in [3.63, 3.8) is 0 Å². The van der Waals surface area contributed by atoms with Gasteiger partial charge < -0.3 is 9.26 Å². The molecule has 0 amide bonds. The first-order valence-corrected chi connectivity index (χ1v) is 9.96. The molecule has 0 bridgehead atoms. The number of nitrogens with one attached hydrogen (secondary N) is 1. The van der Waals surface area contributed by atoms with E-state index in [-0.39, 0.29) is 17.2 Å². The monoisotopic (exact) mass is 386 g/mol. The third kappa shape index (κ3) is 4.04. The number of aromatic nitrogens is 1. The lowest BCUT2D eigenvalue weighted by atomic mass is 10.1. The van der Waals surface area contributed by atoms with Crippen LogP contribution in [-0.4, -0.2) is 20.7 Å². The molecule has 27 heavy (non-hydrogen) atoms. The van der Waals surface area contributed by atoms with Gasteiger partial charge in [0.1, 0.15) is 10.6 Å². The van der Waals surface area contributed by atoms with E-state index in [0.29, 0.717) is 11.3 Å². The molecule has 0 spiro atoms. The van der Waals surface area contributed by atoms with Crippen LogP contribution in [0.3, 0.4) is 0 Å². The summed E-state index contributed by atoms with van der Waals surface area (Å²) in [6, 6.07) is 12.6. The second-order valence-corrected chi connectivity index (χ2v) is 8.13. The van der Waals surface area contributed by atoms with E-state index < -0.39 is 10.0 Å². The van der Waals surface area contributed by atoms with Crippen molar-refractivity contribution < 1.29 is 17.7 Å². The minimum Gasteiger partial charge on any atom is -0.495 e. The Labute approximate surface area is 159 Å². The highest BCUT2D eigenvalue weighted by Gasteiger charge is 2.22. The molecule has 0 saturated carbocycles. The zero-order valence-corrected chi connectivity index (χ0v) is 16.6. The van der Waals surface area contributed by atoms with Crippen molar-refractivity contribution >= 4 is 10.0 Å². The maximum atomic E-state index is 12.9. The fourth-order valence-electron chi connectivity index (χ4n) is 2.67. The van der Waals surface area contributed by atoms with Crippen molar-refractivity contribution in [1.82, 2.24) is 9.88 Å². The smallest absolute Gasteiger partial charge is 0.244 e. The SMILES string of the molecule is COc1ccc(-c2onc(C)c2C)cc1S(=O)(=O)NCc1ccc(C)cc1. The Bertz CT molecular complexity index is 1050. The average molecular weight is 386 g/mol. The van der Waals surface area contributed by atoms with Crippen LogP contribution < -0.4 is 9.46 Å². The maximum Gasteiger partial charge on any atom is 0.244 e. The number of methoxy groups -OCH3 is 1. The van der Waals surface area contributed by atoms with Crippen molar-refractivity contribution in [3.8, 4) is 17.1 Å². The standard InChI is InChI=1S/C20H22N2O4S/c1-13-5-7-16(8-6-13)12-21-27(23,24)19-11-17(9-10-18(19)25-4)20-14(2)15(3)22-26-20/h5-11,21H,12H2,1-4H3. The van der Waals surface area contributed by atoms with Crippen LogP contribution in [0.15, 0.2) is 51.9 Å². The molecule has 2 aromatic carbocycles. The molecule has 0 fully saturated rings. The molecule has 6 nitrogen and oxygen atoms in total. The average Bonchev–Trinajstić information content (AvgIpc) is 2.99. The van der Waals surface area contributed by atoms with Gasteiger partial charge in [0.15, 0.2) is 5.76 Å². The van der Waals surface area contributed by atoms with E-state index in [1.165, 1.54) is 7.11 Å². The summed E-state index contributed by atoms with van der Waals surface area (Å²) >= 11 is 0. The summed E-state index contributed by atoms with van der Waals surface area (Å²) in [5.41, 5.74) is 4.26. The van der Waals surface area contributed by atoms with E-state index in [9.17, 15) is 8.42 Å². The van der Waals surface area contributed by atoms with Gasteiger partial charge in [0, 0.05) is 17.7 Å². The minimum atomic E-state index is -3.78. The normalized spacial score (nSPS) is 11.6. The maximum absolute atomic E-state index is 12.9. The number of ether oxygens (including phenoxy) is 1.